The fourth-order valence-corrected chi connectivity index (χ4v) is 1.75. The van der Waals surface area contributed by atoms with E-state index in [1.54, 1.807) is 6.33 Å². The third kappa shape index (κ3) is 2.46. The van der Waals surface area contributed by atoms with Gasteiger partial charge in [-0.2, -0.15) is 0 Å². The highest BCUT2D eigenvalue weighted by molar-refractivity contribution is 5.58. The molecule has 0 spiro atoms. The van der Waals surface area contributed by atoms with E-state index in [-0.39, 0.29) is 0 Å². The Hall–Kier alpha value is -1.57. The molecule has 0 saturated heterocycles. The summed E-state index contributed by atoms with van der Waals surface area (Å²) < 4.78 is 0. The number of imidazole rings is 1. The average Bonchev–Trinajstić information content (AvgIpc) is 2.69. The second-order valence-electron chi connectivity index (χ2n) is 4.26. The molecule has 15 heavy (non-hydrogen) atoms. The average molecular weight is 200 g/mol. The standard InChI is InChI=1S/C13H16N2/c1-10(2)6-11-4-3-5-12(7-11)13-8-14-9-15-13/h3-5,7-10H,6H2,1-2H3,(H,14,15). The van der Waals surface area contributed by atoms with E-state index >= 15 is 0 Å². The maximum absolute atomic E-state index is 4.03. The zero-order valence-corrected chi connectivity index (χ0v) is 9.20. The highest BCUT2D eigenvalue weighted by Crippen LogP contribution is 2.18. The lowest BCUT2D eigenvalue weighted by atomic mass is 10.0. The monoisotopic (exact) mass is 200 g/mol. The molecule has 2 aromatic rings. The highest BCUT2D eigenvalue weighted by Gasteiger charge is 2.01. The number of nitrogens with zero attached hydrogens (tertiary/aromatic N) is 1. The van der Waals surface area contributed by atoms with Gasteiger partial charge in [-0.05, 0) is 29.5 Å². The molecule has 2 nitrogen and oxygen atoms in total. The van der Waals surface area contributed by atoms with Crippen molar-refractivity contribution >= 4 is 0 Å². The minimum Gasteiger partial charge on any atom is -0.345 e. The van der Waals surface area contributed by atoms with Crippen molar-refractivity contribution in [3.8, 4) is 11.3 Å². The van der Waals surface area contributed by atoms with E-state index in [2.05, 4.69) is 48.1 Å². The lowest BCUT2D eigenvalue weighted by Gasteiger charge is -2.06. The molecule has 1 aromatic carbocycles. The van der Waals surface area contributed by atoms with Crippen molar-refractivity contribution in [2.24, 2.45) is 5.92 Å². The number of rotatable bonds is 3. The molecule has 0 saturated carbocycles. The van der Waals surface area contributed by atoms with Crippen LogP contribution in [0.25, 0.3) is 11.3 Å². The molecule has 78 valence electrons. The van der Waals surface area contributed by atoms with E-state index in [1.165, 1.54) is 11.1 Å². The first kappa shape index (κ1) is 9.97. The van der Waals surface area contributed by atoms with Crippen LogP contribution in [0.5, 0.6) is 0 Å². The van der Waals surface area contributed by atoms with Crippen LogP contribution in [0.2, 0.25) is 0 Å². The number of hydrogen-bond donors (Lipinski definition) is 1. The number of H-pyrrole nitrogens is 1. The second kappa shape index (κ2) is 4.30. The van der Waals surface area contributed by atoms with Gasteiger partial charge < -0.3 is 4.98 Å². The third-order valence-electron chi connectivity index (χ3n) is 2.38. The fraction of sp³-hybridized carbons (Fsp3) is 0.308. The van der Waals surface area contributed by atoms with Gasteiger partial charge in [0.15, 0.2) is 0 Å². The number of nitrogens with one attached hydrogen (secondary N) is 1. The van der Waals surface area contributed by atoms with Crippen LogP contribution in [-0.2, 0) is 6.42 Å². The third-order valence-corrected chi connectivity index (χ3v) is 2.38. The molecule has 0 fully saturated rings. The van der Waals surface area contributed by atoms with Crippen molar-refractivity contribution in [2.75, 3.05) is 0 Å². The Balaban J connectivity index is 2.27. The number of benzene rings is 1. The number of aromatic nitrogens is 2. The zero-order valence-electron chi connectivity index (χ0n) is 9.20. The number of aromatic amines is 1. The summed E-state index contributed by atoms with van der Waals surface area (Å²) in [5.74, 6) is 0.696. The van der Waals surface area contributed by atoms with Gasteiger partial charge in [0.05, 0.1) is 18.2 Å². The topological polar surface area (TPSA) is 28.7 Å². The van der Waals surface area contributed by atoms with E-state index in [1.807, 2.05) is 6.20 Å². The lowest BCUT2D eigenvalue weighted by Crippen LogP contribution is -1.93. The molecule has 0 amide bonds. The molecule has 0 aliphatic carbocycles. The van der Waals surface area contributed by atoms with Gasteiger partial charge in [0.2, 0.25) is 0 Å². The van der Waals surface area contributed by atoms with Crippen molar-refractivity contribution in [1.82, 2.24) is 9.97 Å². The summed E-state index contributed by atoms with van der Waals surface area (Å²) in [6.45, 7) is 4.48. The molecule has 0 bridgehead atoms. The first-order chi connectivity index (χ1) is 7.25. The second-order valence-corrected chi connectivity index (χ2v) is 4.26. The summed E-state index contributed by atoms with van der Waals surface area (Å²) in [4.78, 5) is 7.16. The van der Waals surface area contributed by atoms with Crippen LogP contribution >= 0.6 is 0 Å². The van der Waals surface area contributed by atoms with Crippen LogP contribution in [0.3, 0.4) is 0 Å². The Morgan fingerprint density at radius 1 is 1.33 bits per heavy atom. The molecule has 0 aliphatic rings. The molecule has 2 heteroatoms. The molecule has 2 rings (SSSR count). The van der Waals surface area contributed by atoms with E-state index in [4.69, 9.17) is 0 Å². The normalized spacial score (nSPS) is 10.9. The maximum atomic E-state index is 4.03. The van der Waals surface area contributed by atoms with Crippen LogP contribution in [0.1, 0.15) is 19.4 Å². The molecule has 0 unspecified atom stereocenters. The van der Waals surface area contributed by atoms with Crippen molar-refractivity contribution in [2.45, 2.75) is 20.3 Å². The van der Waals surface area contributed by atoms with Gasteiger partial charge in [-0.25, -0.2) is 4.98 Å². The number of hydrogen-bond acceptors (Lipinski definition) is 1. The van der Waals surface area contributed by atoms with Crippen molar-refractivity contribution in [3.63, 3.8) is 0 Å². The largest absolute Gasteiger partial charge is 0.345 e. The predicted octanol–water partition coefficient (Wildman–Crippen LogP) is 3.28. The molecule has 1 N–H and O–H groups in total. The van der Waals surface area contributed by atoms with Gasteiger partial charge in [-0.1, -0.05) is 32.0 Å². The van der Waals surface area contributed by atoms with Gasteiger partial charge >= 0.3 is 0 Å². The van der Waals surface area contributed by atoms with Gasteiger partial charge in [-0.3, -0.25) is 0 Å². The fourth-order valence-electron chi connectivity index (χ4n) is 1.75. The SMILES string of the molecule is CC(C)Cc1cccc(-c2cnc[nH]2)c1. The first-order valence-corrected chi connectivity index (χ1v) is 5.33. The molecule has 0 radical (unpaired) electrons. The van der Waals surface area contributed by atoms with E-state index in [0.717, 1.165) is 12.1 Å². The van der Waals surface area contributed by atoms with Gasteiger partial charge in [-0.15, -0.1) is 0 Å². The maximum Gasteiger partial charge on any atom is 0.0924 e. The van der Waals surface area contributed by atoms with Crippen molar-refractivity contribution in [3.05, 3.63) is 42.4 Å². The molecule has 0 aliphatic heterocycles. The summed E-state index contributed by atoms with van der Waals surface area (Å²) in [5.41, 5.74) is 3.68. The molecular formula is C13H16N2. The Morgan fingerprint density at radius 2 is 2.20 bits per heavy atom. The molecule has 0 atom stereocenters. The van der Waals surface area contributed by atoms with Crippen LogP contribution < -0.4 is 0 Å². The molecule has 1 aromatic heterocycles. The Kier molecular flexibility index (Phi) is 2.86. The van der Waals surface area contributed by atoms with Crippen molar-refractivity contribution in [1.29, 1.82) is 0 Å². The van der Waals surface area contributed by atoms with Crippen LogP contribution in [0.15, 0.2) is 36.8 Å². The Labute approximate surface area is 90.4 Å². The highest BCUT2D eigenvalue weighted by atomic mass is 14.9. The lowest BCUT2D eigenvalue weighted by molar-refractivity contribution is 0.647. The summed E-state index contributed by atoms with van der Waals surface area (Å²) in [6.07, 6.45) is 4.70. The summed E-state index contributed by atoms with van der Waals surface area (Å²) in [7, 11) is 0. The summed E-state index contributed by atoms with van der Waals surface area (Å²) >= 11 is 0. The predicted molar refractivity (Wildman–Crippen MR) is 62.6 cm³/mol. The summed E-state index contributed by atoms with van der Waals surface area (Å²) in [6, 6.07) is 8.62. The Bertz CT molecular complexity index is 416. The quantitative estimate of drug-likeness (QED) is 0.809. The summed E-state index contributed by atoms with van der Waals surface area (Å²) in [5, 5.41) is 0. The van der Waals surface area contributed by atoms with E-state index in [9.17, 15) is 0 Å². The van der Waals surface area contributed by atoms with Gasteiger partial charge in [0, 0.05) is 0 Å². The van der Waals surface area contributed by atoms with Gasteiger partial charge in [0.1, 0.15) is 0 Å². The van der Waals surface area contributed by atoms with Crippen LogP contribution in [0.4, 0.5) is 0 Å². The van der Waals surface area contributed by atoms with E-state index in [0.29, 0.717) is 5.92 Å². The van der Waals surface area contributed by atoms with Crippen LogP contribution in [0, 0.1) is 5.92 Å². The smallest absolute Gasteiger partial charge is 0.0924 e. The Morgan fingerprint density at radius 3 is 2.87 bits per heavy atom. The first-order valence-electron chi connectivity index (χ1n) is 5.33. The minimum absolute atomic E-state index is 0.696. The van der Waals surface area contributed by atoms with Crippen molar-refractivity contribution < 1.29 is 0 Å². The molecular weight excluding hydrogens is 184 g/mol. The van der Waals surface area contributed by atoms with E-state index < -0.39 is 0 Å². The minimum atomic E-state index is 0.696. The van der Waals surface area contributed by atoms with Crippen LogP contribution in [-0.4, -0.2) is 9.97 Å². The molecule has 1 heterocycles. The zero-order chi connectivity index (χ0) is 10.7. The van der Waals surface area contributed by atoms with Gasteiger partial charge in [0.25, 0.3) is 0 Å².